The van der Waals surface area contributed by atoms with Gasteiger partial charge in [0.25, 0.3) is 5.91 Å². The lowest BCUT2D eigenvalue weighted by Gasteiger charge is -2.22. The molecule has 0 radical (unpaired) electrons. The highest BCUT2D eigenvalue weighted by Gasteiger charge is 2.23. The molecule has 1 saturated heterocycles. The Morgan fingerprint density at radius 3 is 2.80 bits per heavy atom. The Hall–Kier alpha value is -2.90. The standard InChI is InChI=1S/C23H24N4O2S/c1-29-20-9-4-2-7-17(20)15-25-11-6-12-26(14-13-25)22(28)18-16-27-19-8-3-5-10-21(19)30-23(27)24-18/h2-5,7-10,16H,6,11-15H2,1H3. The van der Waals surface area contributed by atoms with Gasteiger partial charge in [0.1, 0.15) is 11.4 Å². The molecule has 6 nitrogen and oxygen atoms in total. The molecule has 0 atom stereocenters. The van der Waals surface area contributed by atoms with Gasteiger partial charge in [0.15, 0.2) is 4.96 Å². The molecule has 5 rings (SSSR count). The summed E-state index contributed by atoms with van der Waals surface area (Å²) in [6.07, 6.45) is 2.83. The second kappa shape index (κ2) is 8.08. The van der Waals surface area contributed by atoms with E-state index < -0.39 is 0 Å². The van der Waals surface area contributed by atoms with Gasteiger partial charge >= 0.3 is 0 Å². The maximum Gasteiger partial charge on any atom is 0.274 e. The zero-order chi connectivity index (χ0) is 20.5. The minimum absolute atomic E-state index is 0.0223. The Labute approximate surface area is 179 Å². The Bertz CT molecular complexity index is 1200. The number of amides is 1. The fraction of sp³-hybridized carbons (Fsp3) is 0.304. The van der Waals surface area contributed by atoms with Gasteiger partial charge in [0.2, 0.25) is 0 Å². The van der Waals surface area contributed by atoms with Gasteiger partial charge in [-0.1, -0.05) is 41.7 Å². The van der Waals surface area contributed by atoms with E-state index in [1.165, 1.54) is 10.3 Å². The van der Waals surface area contributed by atoms with Gasteiger partial charge in [-0.25, -0.2) is 4.98 Å². The first-order valence-corrected chi connectivity index (χ1v) is 11.0. The molecular formula is C23H24N4O2S. The number of benzene rings is 2. The van der Waals surface area contributed by atoms with Gasteiger partial charge in [-0.2, -0.15) is 0 Å². The van der Waals surface area contributed by atoms with Crippen LogP contribution in [0.1, 0.15) is 22.5 Å². The number of methoxy groups -OCH3 is 1. The van der Waals surface area contributed by atoms with Crippen LogP contribution >= 0.6 is 11.3 Å². The fourth-order valence-corrected chi connectivity index (χ4v) is 5.13. The molecule has 0 unspecified atom stereocenters. The molecule has 30 heavy (non-hydrogen) atoms. The molecule has 1 fully saturated rings. The predicted molar refractivity (Wildman–Crippen MR) is 119 cm³/mol. The molecule has 154 valence electrons. The number of fused-ring (bicyclic) bond motifs is 3. The molecule has 0 spiro atoms. The van der Waals surface area contributed by atoms with E-state index in [0.717, 1.165) is 48.8 Å². The molecule has 2 aromatic heterocycles. The van der Waals surface area contributed by atoms with E-state index in [-0.39, 0.29) is 5.91 Å². The van der Waals surface area contributed by atoms with Gasteiger partial charge in [0, 0.05) is 44.5 Å². The summed E-state index contributed by atoms with van der Waals surface area (Å²) in [5.41, 5.74) is 2.81. The van der Waals surface area contributed by atoms with Crippen LogP contribution < -0.4 is 4.74 Å². The molecule has 0 bridgehead atoms. The van der Waals surface area contributed by atoms with Crippen molar-refractivity contribution in [3.05, 3.63) is 66.0 Å². The largest absolute Gasteiger partial charge is 0.496 e. The number of hydrogen-bond donors (Lipinski definition) is 0. The third kappa shape index (κ3) is 3.55. The zero-order valence-electron chi connectivity index (χ0n) is 17.0. The summed E-state index contributed by atoms with van der Waals surface area (Å²) >= 11 is 1.62. The summed E-state index contributed by atoms with van der Waals surface area (Å²) in [6.45, 7) is 4.10. The van der Waals surface area contributed by atoms with Crippen LogP contribution in [0, 0.1) is 0 Å². The lowest BCUT2D eigenvalue weighted by molar-refractivity contribution is 0.0756. The topological polar surface area (TPSA) is 50.1 Å². The lowest BCUT2D eigenvalue weighted by atomic mass is 10.2. The average molecular weight is 421 g/mol. The van der Waals surface area contributed by atoms with Crippen LogP contribution in [0.2, 0.25) is 0 Å². The van der Waals surface area contributed by atoms with Crippen LogP contribution in [0.4, 0.5) is 0 Å². The summed E-state index contributed by atoms with van der Waals surface area (Å²) in [4.78, 5) is 23.0. The minimum atomic E-state index is 0.0223. The second-order valence-electron chi connectivity index (χ2n) is 7.58. The SMILES string of the molecule is COc1ccccc1CN1CCCN(C(=O)c2cn3c(n2)sc2ccccc23)CC1. The van der Waals surface area contributed by atoms with Crippen molar-refractivity contribution in [2.45, 2.75) is 13.0 Å². The lowest BCUT2D eigenvalue weighted by Crippen LogP contribution is -2.35. The highest BCUT2D eigenvalue weighted by molar-refractivity contribution is 7.23. The van der Waals surface area contributed by atoms with Crippen molar-refractivity contribution in [1.82, 2.24) is 19.2 Å². The molecule has 2 aromatic carbocycles. The van der Waals surface area contributed by atoms with Crippen molar-refractivity contribution < 1.29 is 9.53 Å². The van der Waals surface area contributed by atoms with Crippen molar-refractivity contribution in [2.24, 2.45) is 0 Å². The molecule has 3 heterocycles. The summed E-state index contributed by atoms with van der Waals surface area (Å²) in [5.74, 6) is 0.939. The molecule has 0 N–H and O–H groups in total. The molecule has 4 aromatic rings. The highest BCUT2D eigenvalue weighted by atomic mass is 32.1. The predicted octanol–water partition coefficient (Wildman–Crippen LogP) is 3.91. The van der Waals surface area contributed by atoms with Crippen LogP contribution in [0.15, 0.2) is 54.7 Å². The maximum absolute atomic E-state index is 13.1. The van der Waals surface area contributed by atoms with Crippen LogP contribution in [0.5, 0.6) is 5.75 Å². The Balaban J connectivity index is 1.29. The average Bonchev–Trinajstić information content (AvgIpc) is 3.24. The molecule has 7 heteroatoms. The smallest absolute Gasteiger partial charge is 0.274 e. The fourth-order valence-electron chi connectivity index (χ4n) is 4.12. The number of thiazole rings is 1. The van der Waals surface area contributed by atoms with Crippen molar-refractivity contribution in [3.8, 4) is 5.75 Å². The zero-order valence-corrected chi connectivity index (χ0v) is 17.8. The number of imidazole rings is 1. The quantitative estimate of drug-likeness (QED) is 0.502. The van der Waals surface area contributed by atoms with E-state index in [9.17, 15) is 4.79 Å². The minimum Gasteiger partial charge on any atom is -0.496 e. The number of carbonyl (C=O) groups is 1. The van der Waals surface area contributed by atoms with Crippen LogP contribution in [0.25, 0.3) is 15.2 Å². The number of rotatable bonds is 4. The summed E-state index contributed by atoms with van der Waals surface area (Å²) in [5, 5.41) is 0. The van der Waals surface area contributed by atoms with Gasteiger partial charge in [-0.15, -0.1) is 0 Å². The van der Waals surface area contributed by atoms with Gasteiger partial charge < -0.3 is 9.64 Å². The highest BCUT2D eigenvalue weighted by Crippen LogP contribution is 2.26. The molecular weight excluding hydrogens is 396 g/mol. The summed E-state index contributed by atoms with van der Waals surface area (Å²) in [6, 6.07) is 16.3. The van der Waals surface area contributed by atoms with E-state index in [1.807, 2.05) is 45.8 Å². The summed E-state index contributed by atoms with van der Waals surface area (Å²) < 4.78 is 8.69. The normalized spacial score (nSPS) is 15.6. The molecule has 1 aliphatic rings. The molecule has 1 aliphatic heterocycles. The Morgan fingerprint density at radius 2 is 1.90 bits per heavy atom. The van der Waals surface area contributed by atoms with E-state index in [4.69, 9.17) is 4.74 Å². The van der Waals surface area contributed by atoms with Crippen molar-refractivity contribution in [1.29, 1.82) is 0 Å². The first kappa shape index (κ1) is 19.1. The van der Waals surface area contributed by atoms with Crippen molar-refractivity contribution >= 4 is 32.4 Å². The Kier molecular flexibility index (Phi) is 5.14. The van der Waals surface area contributed by atoms with E-state index in [1.54, 1.807) is 18.4 Å². The van der Waals surface area contributed by atoms with Crippen LogP contribution in [-0.2, 0) is 6.54 Å². The van der Waals surface area contributed by atoms with E-state index in [0.29, 0.717) is 12.2 Å². The van der Waals surface area contributed by atoms with Crippen molar-refractivity contribution in [2.75, 3.05) is 33.3 Å². The number of aromatic nitrogens is 2. The maximum atomic E-state index is 13.1. The number of nitrogens with zero attached hydrogens (tertiary/aromatic N) is 4. The third-order valence-corrected chi connectivity index (χ3v) is 6.72. The molecule has 0 saturated carbocycles. The third-order valence-electron chi connectivity index (χ3n) is 5.68. The van der Waals surface area contributed by atoms with Gasteiger partial charge in [-0.3, -0.25) is 14.1 Å². The number of carbonyl (C=O) groups excluding carboxylic acids is 1. The van der Waals surface area contributed by atoms with Crippen molar-refractivity contribution in [3.63, 3.8) is 0 Å². The monoisotopic (exact) mass is 420 g/mol. The van der Waals surface area contributed by atoms with Crippen LogP contribution in [0.3, 0.4) is 0 Å². The first-order chi connectivity index (χ1) is 14.7. The molecule has 0 aliphatic carbocycles. The summed E-state index contributed by atoms with van der Waals surface area (Å²) in [7, 11) is 1.71. The number of ether oxygens (including phenoxy) is 1. The van der Waals surface area contributed by atoms with E-state index >= 15 is 0 Å². The Morgan fingerprint density at radius 1 is 1.07 bits per heavy atom. The van der Waals surface area contributed by atoms with Crippen LogP contribution in [-0.4, -0.2) is 58.4 Å². The number of hydrogen-bond acceptors (Lipinski definition) is 5. The second-order valence-corrected chi connectivity index (χ2v) is 8.59. The molecule has 1 amide bonds. The van der Waals surface area contributed by atoms with Gasteiger partial charge in [0.05, 0.1) is 17.3 Å². The first-order valence-electron chi connectivity index (χ1n) is 10.2. The van der Waals surface area contributed by atoms with E-state index in [2.05, 4.69) is 28.1 Å². The number of para-hydroxylation sites is 2. The van der Waals surface area contributed by atoms with Gasteiger partial charge in [-0.05, 0) is 24.6 Å².